The van der Waals surface area contributed by atoms with Gasteiger partial charge in [0.15, 0.2) is 6.04 Å². The lowest BCUT2D eigenvalue weighted by Crippen LogP contribution is -2.53. The number of aliphatic carboxylic acids is 1. The van der Waals surface area contributed by atoms with Crippen molar-refractivity contribution in [2.45, 2.75) is 12.5 Å². The van der Waals surface area contributed by atoms with Gasteiger partial charge >= 0.3 is 5.97 Å². The molecule has 1 aliphatic rings. The van der Waals surface area contributed by atoms with Gasteiger partial charge in [-0.1, -0.05) is 12.1 Å². The van der Waals surface area contributed by atoms with Crippen LogP contribution in [-0.4, -0.2) is 52.7 Å². The van der Waals surface area contributed by atoms with Gasteiger partial charge in [0.05, 0.1) is 25.3 Å². The molecule has 1 aliphatic heterocycles. The average Bonchev–Trinajstić information content (AvgIpc) is 3.03. The van der Waals surface area contributed by atoms with Gasteiger partial charge in [-0.3, -0.25) is 4.79 Å². The summed E-state index contributed by atoms with van der Waals surface area (Å²) < 4.78 is 18.4. The first-order chi connectivity index (χ1) is 11.5. The molecule has 126 valence electrons. The van der Waals surface area contributed by atoms with E-state index in [9.17, 15) is 19.1 Å². The van der Waals surface area contributed by atoms with Gasteiger partial charge in [0, 0.05) is 17.5 Å². The van der Waals surface area contributed by atoms with E-state index >= 15 is 0 Å². The van der Waals surface area contributed by atoms with Crippen molar-refractivity contribution >= 4 is 23.2 Å². The van der Waals surface area contributed by atoms with Crippen molar-refractivity contribution in [3.8, 4) is 10.6 Å². The number of hydrogen-bond acceptors (Lipinski definition) is 5. The lowest BCUT2D eigenvalue weighted by atomic mass is 10.2. The van der Waals surface area contributed by atoms with E-state index in [0.29, 0.717) is 22.9 Å². The van der Waals surface area contributed by atoms with E-state index in [1.807, 2.05) is 0 Å². The number of thiazole rings is 1. The lowest BCUT2D eigenvalue weighted by molar-refractivity contribution is -0.158. The largest absolute Gasteiger partial charge is 0.480 e. The summed E-state index contributed by atoms with van der Waals surface area (Å²) in [5.41, 5.74) is 1.19. The van der Waals surface area contributed by atoms with Gasteiger partial charge in [-0.15, -0.1) is 11.3 Å². The van der Waals surface area contributed by atoms with Crippen LogP contribution in [0.4, 0.5) is 4.39 Å². The number of benzene rings is 1. The Morgan fingerprint density at radius 2 is 2.29 bits per heavy atom. The maximum atomic E-state index is 13.3. The van der Waals surface area contributed by atoms with Crippen LogP contribution in [0.2, 0.25) is 0 Å². The molecule has 2 heterocycles. The van der Waals surface area contributed by atoms with Crippen LogP contribution in [0.3, 0.4) is 0 Å². The molecule has 0 radical (unpaired) electrons. The van der Waals surface area contributed by atoms with Crippen molar-refractivity contribution < 1.29 is 23.8 Å². The van der Waals surface area contributed by atoms with E-state index in [2.05, 4.69) is 4.98 Å². The number of aromatic nitrogens is 1. The molecule has 1 atom stereocenters. The lowest BCUT2D eigenvalue weighted by Gasteiger charge is -2.32. The summed E-state index contributed by atoms with van der Waals surface area (Å²) in [5, 5.41) is 11.5. The van der Waals surface area contributed by atoms with Gasteiger partial charge in [-0.2, -0.15) is 0 Å². The second-order valence-electron chi connectivity index (χ2n) is 5.35. The van der Waals surface area contributed by atoms with Gasteiger partial charge < -0.3 is 14.7 Å². The number of carbonyl (C=O) groups excluding carboxylic acids is 1. The highest BCUT2D eigenvalue weighted by molar-refractivity contribution is 7.13. The third-order valence-corrected chi connectivity index (χ3v) is 4.63. The first-order valence-corrected chi connectivity index (χ1v) is 8.23. The molecule has 3 rings (SSSR count). The highest BCUT2D eigenvalue weighted by Gasteiger charge is 2.32. The van der Waals surface area contributed by atoms with Gasteiger partial charge in [0.2, 0.25) is 5.91 Å². The molecule has 1 aromatic heterocycles. The van der Waals surface area contributed by atoms with Gasteiger partial charge in [-0.05, 0) is 12.1 Å². The van der Waals surface area contributed by atoms with Crippen LogP contribution in [0.15, 0.2) is 29.6 Å². The molecule has 1 N–H and O–H groups in total. The molecule has 0 aliphatic carbocycles. The Hall–Kier alpha value is -2.32. The van der Waals surface area contributed by atoms with Gasteiger partial charge in [0.25, 0.3) is 0 Å². The zero-order valence-corrected chi connectivity index (χ0v) is 13.5. The van der Waals surface area contributed by atoms with Crippen LogP contribution in [-0.2, 0) is 20.7 Å². The second-order valence-corrected chi connectivity index (χ2v) is 6.21. The molecule has 0 saturated carbocycles. The number of hydrogen-bond donors (Lipinski definition) is 1. The fraction of sp³-hybridized carbons (Fsp3) is 0.312. The van der Waals surface area contributed by atoms with Crippen LogP contribution in [0.5, 0.6) is 0 Å². The summed E-state index contributed by atoms with van der Waals surface area (Å²) in [6.45, 7) is 0.560. The van der Waals surface area contributed by atoms with Crippen molar-refractivity contribution in [3.63, 3.8) is 0 Å². The predicted molar refractivity (Wildman–Crippen MR) is 85.2 cm³/mol. The molecule has 6 nitrogen and oxygen atoms in total. The molecule has 0 unspecified atom stereocenters. The zero-order valence-electron chi connectivity index (χ0n) is 12.6. The van der Waals surface area contributed by atoms with Crippen molar-refractivity contribution in [1.29, 1.82) is 0 Å². The summed E-state index contributed by atoms with van der Waals surface area (Å²) in [6, 6.07) is 5.12. The van der Waals surface area contributed by atoms with Crippen LogP contribution in [0.25, 0.3) is 10.6 Å². The molecule has 1 amide bonds. The number of ether oxygens (including phenoxy) is 1. The number of carbonyl (C=O) groups is 2. The highest BCUT2D eigenvalue weighted by atomic mass is 32.1. The normalized spacial score (nSPS) is 17.7. The number of halogens is 1. The Labute approximate surface area is 141 Å². The number of nitrogens with zero attached hydrogens (tertiary/aromatic N) is 2. The second kappa shape index (κ2) is 7.06. The zero-order chi connectivity index (χ0) is 17.1. The van der Waals surface area contributed by atoms with Gasteiger partial charge in [-0.25, -0.2) is 14.2 Å². The minimum atomic E-state index is -1.08. The van der Waals surface area contributed by atoms with Gasteiger partial charge in [0.1, 0.15) is 10.8 Å². The number of carboxylic acids is 1. The predicted octanol–water partition coefficient (Wildman–Crippen LogP) is 1.80. The Morgan fingerprint density at radius 1 is 1.46 bits per heavy atom. The topological polar surface area (TPSA) is 79.7 Å². The molecule has 0 bridgehead atoms. The monoisotopic (exact) mass is 350 g/mol. The quantitative estimate of drug-likeness (QED) is 0.910. The van der Waals surface area contributed by atoms with E-state index in [0.717, 1.165) is 0 Å². The number of carboxylic acid groups (broad SMARTS) is 1. The summed E-state index contributed by atoms with van der Waals surface area (Å²) in [5.74, 6) is -1.73. The van der Waals surface area contributed by atoms with Crippen LogP contribution in [0, 0.1) is 5.82 Å². The van der Waals surface area contributed by atoms with Crippen molar-refractivity contribution in [3.05, 3.63) is 41.2 Å². The maximum absolute atomic E-state index is 13.3. The number of amides is 1. The summed E-state index contributed by atoms with van der Waals surface area (Å²) in [7, 11) is 0. The fourth-order valence-electron chi connectivity index (χ4n) is 2.51. The minimum absolute atomic E-state index is 0.00726. The molecular weight excluding hydrogens is 335 g/mol. The van der Waals surface area contributed by atoms with E-state index < -0.39 is 12.0 Å². The molecule has 1 saturated heterocycles. The smallest absolute Gasteiger partial charge is 0.328 e. The molecule has 8 heteroatoms. The average molecular weight is 350 g/mol. The number of morpholine rings is 1. The molecule has 2 aromatic rings. The molecule has 1 fully saturated rings. The molecular formula is C16H15FN2O4S. The SMILES string of the molecule is O=C(O)[C@H]1COCCN1C(=O)Cc1csc(-c2cccc(F)c2)n1. The van der Waals surface area contributed by atoms with Crippen molar-refractivity contribution in [2.75, 3.05) is 19.8 Å². The van der Waals surface area contributed by atoms with Crippen molar-refractivity contribution in [2.24, 2.45) is 0 Å². The Morgan fingerprint density at radius 3 is 3.04 bits per heavy atom. The van der Waals surface area contributed by atoms with E-state index in [-0.39, 0.29) is 31.3 Å². The minimum Gasteiger partial charge on any atom is -0.480 e. The molecule has 24 heavy (non-hydrogen) atoms. The highest BCUT2D eigenvalue weighted by Crippen LogP contribution is 2.24. The van der Waals surface area contributed by atoms with Crippen molar-refractivity contribution in [1.82, 2.24) is 9.88 Å². The maximum Gasteiger partial charge on any atom is 0.328 e. The van der Waals surface area contributed by atoms with Crippen LogP contribution in [0.1, 0.15) is 5.69 Å². The van der Waals surface area contributed by atoms with E-state index in [4.69, 9.17) is 4.74 Å². The van der Waals surface area contributed by atoms with Crippen LogP contribution >= 0.6 is 11.3 Å². The third-order valence-electron chi connectivity index (χ3n) is 3.69. The standard InChI is InChI=1S/C16H15FN2O4S/c17-11-3-1-2-10(6-11)15-18-12(9-24-15)7-14(20)19-4-5-23-8-13(19)16(21)22/h1-3,6,9,13H,4-5,7-8H2,(H,21,22)/t13-/m1/s1. The summed E-state index contributed by atoms with van der Waals surface area (Å²) >= 11 is 1.32. The Kier molecular flexibility index (Phi) is 4.86. The van der Waals surface area contributed by atoms with Crippen LogP contribution < -0.4 is 0 Å². The van der Waals surface area contributed by atoms with E-state index in [1.165, 1.54) is 28.4 Å². The third kappa shape index (κ3) is 3.60. The first-order valence-electron chi connectivity index (χ1n) is 7.35. The molecule has 1 aromatic carbocycles. The molecule has 0 spiro atoms. The Bertz CT molecular complexity index is 764. The van der Waals surface area contributed by atoms with E-state index in [1.54, 1.807) is 17.5 Å². The number of rotatable bonds is 4. The Balaban J connectivity index is 1.72. The summed E-state index contributed by atoms with van der Waals surface area (Å²) in [4.78, 5) is 29.3. The summed E-state index contributed by atoms with van der Waals surface area (Å²) in [6.07, 6.45) is 0.00952. The fourth-order valence-corrected chi connectivity index (χ4v) is 3.32. The first kappa shape index (κ1) is 16.5.